The summed E-state index contributed by atoms with van der Waals surface area (Å²) < 4.78 is 6.03. The molecule has 1 aromatic rings. The quantitative estimate of drug-likeness (QED) is 0.826. The maximum absolute atomic E-state index is 6.03. The molecule has 1 unspecified atom stereocenters. The first-order chi connectivity index (χ1) is 7.43. The molecule has 0 radical (unpaired) electrons. The molecule has 2 aliphatic heterocycles. The lowest BCUT2D eigenvalue weighted by atomic mass is 10.1. The molecule has 3 heteroatoms. The van der Waals surface area contributed by atoms with E-state index in [-0.39, 0.29) is 0 Å². The van der Waals surface area contributed by atoms with Gasteiger partial charge in [-0.15, -0.1) is 11.8 Å². The molecule has 0 amide bonds. The van der Waals surface area contributed by atoms with E-state index >= 15 is 0 Å². The van der Waals surface area contributed by atoms with Gasteiger partial charge in [-0.05, 0) is 31.0 Å². The van der Waals surface area contributed by atoms with Crippen LogP contribution in [0.15, 0.2) is 23.1 Å². The highest BCUT2D eigenvalue weighted by Crippen LogP contribution is 2.39. The SMILES string of the molecule is c1cc2c(c(OC3CCNC3)c1)SCC2. The van der Waals surface area contributed by atoms with E-state index in [0.717, 1.165) is 25.3 Å². The molecule has 3 rings (SSSR count). The first kappa shape index (κ1) is 9.55. The zero-order chi connectivity index (χ0) is 10.1. The highest BCUT2D eigenvalue weighted by molar-refractivity contribution is 7.99. The molecule has 80 valence electrons. The second kappa shape index (κ2) is 4.06. The second-order valence-corrected chi connectivity index (χ2v) is 5.18. The topological polar surface area (TPSA) is 21.3 Å². The Morgan fingerprint density at radius 3 is 3.27 bits per heavy atom. The number of rotatable bonds is 2. The predicted molar refractivity (Wildman–Crippen MR) is 62.8 cm³/mol. The van der Waals surface area contributed by atoms with Gasteiger partial charge >= 0.3 is 0 Å². The van der Waals surface area contributed by atoms with E-state index in [1.165, 1.54) is 22.6 Å². The van der Waals surface area contributed by atoms with Crippen LogP contribution in [0.4, 0.5) is 0 Å². The van der Waals surface area contributed by atoms with E-state index in [2.05, 4.69) is 23.5 Å². The van der Waals surface area contributed by atoms with Gasteiger partial charge in [-0.3, -0.25) is 0 Å². The van der Waals surface area contributed by atoms with Crippen LogP contribution in [0.1, 0.15) is 12.0 Å². The van der Waals surface area contributed by atoms with Gasteiger partial charge < -0.3 is 10.1 Å². The minimum atomic E-state index is 0.373. The summed E-state index contributed by atoms with van der Waals surface area (Å²) in [7, 11) is 0. The van der Waals surface area contributed by atoms with E-state index in [4.69, 9.17) is 4.74 Å². The van der Waals surface area contributed by atoms with Crippen LogP contribution in [0.5, 0.6) is 5.75 Å². The largest absolute Gasteiger partial charge is 0.488 e. The Bertz CT molecular complexity index is 361. The Labute approximate surface area is 94.4 Å². The summed E-state index contributed by atoms with van der Waals surface area (Å²) >= 11 is 1.93. The normalized spacial score (nSPS) is 24.1. The predicted octanol–water partition coefficient (Wildman–Crippen LogP) is 2.08. The van der Waals surface area contributed by atoms with Gasteiger partial charge in [0.05, 0.1) is 4.90 Å². The number of ether oxygens (including phenoxy) is 1. The van der Waals surface area contributed by atoms with E-state index in [1.807, 2.05) is 11.8 Å². The highest BCUT2D eigenvalue weighted by atomic mass is 32.2. The molecule has 0 bridgehead atoms. The molecule has 15 heavy (non-hydrogen) atoms. The van der Waals surface area contributed by atoms with Gasteiger partial charge in [0.2, 0.25) is 0 Å². The van der Waals surface area contributed by atoms with Crippen LogP contribution in [0.25, 0.3) is 0 Å². The minimum absolute atomic E-state index is 0.373. The van der Waals surface area contributed by atoms with Crippen molar-refractivity contribution >= 4 is 11.8 Å². The fourth-order valence-corrected chi connectivity index (χ4v) is 3.33. The van der Waals surface area contributed by atoms with Gasteiger partial charge in [-0.25, -0.2) is 0 Å². The van der Waals surface area contributed by atoms with Crippen LogP contribution < -0.4 is 10.1 Å². The monoisotopic (exact) mass is 221 g/mol. The zero-order valence-corrected chi connectivity index (χ0v) is 9.48. The lowest BCUT2D eigenvalue weighted by Gasteiger charge is -2.15. The van der Waals surface area contributed by atoms with Crippen molar-refractivity contribution < 1.29 is 4.74 Å². The van der Waals surface area contributed by atoms with Crippen LogP contribution in [0.2, 0.25) is 0 Å². The number of nitrogens with one attached hydrogen (secondary N) is 1. The lowest BCUT2D eigenvalue weighted by molar-refractivity contribution is 0.217. The third-order valence-corrected chi connectivity index (χ3v) is 4.15. The number of thioether (sulfide) groups is 1. The summed E-state index contributed by atoms with van der Waals surface area (Å²) in [5.41, 5.74) is 1.46. The maximum Gasteiger partial charge on any atom is 0.133 e. The number of fused-ring (bicyclic) bond motifs is 1. The number of hydrogen-bond acceptors (Lipinski definition) is 3. The number of aryl methyl sites for hydroxylation is 1. The first-order valence-corrected chi connectivity index (χ1v) is 6.54. The smallest absolute Gasteiger partial charge is 0.133 e. The molecule has 1 atom stereocenters. The maximum atomic E-state index is 6.03. The van der Waals surface area contributed by atoms with E-state index in [1.54, 1.807) is 0 Å². The van der Waals surface area contributed by atoms with Crippen molar-refractivity contribution in [3.05, 3.63) is 23.8 Å². The Hall–Kier alpha value is -0.670. The molecule has 2 aliphatic rings. The standard InChI is InChI=1S/C12H15NOS/c1-2-9-5-7-15-12(9)11(3-1)14-10-4-6-13-8-10/h1-3,10,13H,4-8H2. The van der Waals surface area contributed by atoms with Gasteiger partial charge in [0.25, 0.3) is 0 Å². The molecule has 1 N–H and O–H groups in total. The summed E-state index contributed by atoms with van der Waals surface area (Å²) in [5.74, 6) is 2.31. The molecule has 0 aromatic heterocycles. The molecule has 2 heterocycles. The fraction of sp³-hybridized carbons (Fsp3) is 0.500. The molecule has 0 spiro atoms. The molecule has 0 aliphatic carbocycles. The average Bonchev–Trinajstić information content (AvgIpc) is 2.87. The third-order valence-electron chi connectivity index (χ3n) is 2.99. The minimum Gasteiger partial charge on any atom is -0.488 e. The van der Waals surface area contributed by atoms with Gasteiger partial charge in [0.1, 0.15) is 11.9 Å². The van der Waals surface area contributed by atoms with Crippen molar-refractivity contribution in [3.8, 4) is 5.75 Å². The van der Waals surface area contributed by atoms with E-state index in [0.29, 0.717) is 6.10 Å². The Balaban J connectivity index is 1.82. The molecular weight excluding hydrogens is 206 g/mol. The van der Waals surface area contributed by atoms with Crippen LogP contribution in [0.3, 0.4) is 0 Å². The third kappa shape index (κ3) is 1.86. The summed E-state index contributed by atoms with van der Waals surface area (Å²) in [4.78, 5) is 1.38. The summed E-state index contributed by atoms with van der Waals surface area (Å²) in [5, 5.41) is 3.33. The Morgan fingerprint density at radius 2 is 2.40 bits per heavy atom. The van der Waals surface area contributed by atoms with Crippen molar-refractivity contribution in [3.63, 3.8) is 0 Å². The van der Waals surface area contributed by atoms with Crippen molar-refractivity contribution in [2.24, 2.45) is 0 Å². The van der Waals surface area contributed by atoms with E-state index < -0.39 is 0 Å². The second-order valence-electron chi connectivity index (χ2n) is 4.08. The molecule has 1 aromatic carbocycles. The molecular formula is C12H15NOS. The van der Waals surface area contributed by atoms with Gasteiger partial charge in [-0.1, -0.05) is 12.1 Å². The van der Waals surface area contributed by atoms with Crippen LogP contribution in [0, 0.1) is 0 Å². The van der Waals surface area contributed by atoms with Crippen molar-refractivity contribution in [2.45, 2.75) is 23.8 Å². The number of benzene rings is 1. The number of hydrogen-bond donors (Lipinski definition) is 1. The summed E-state index contributed by atoms with van der Waals surface area (Å²) in [6, 6.07) is 6.44. The van der Waals surface area contributed by atoms with Gasteiger partial charge in [0, 0.05) is 12.3 Å². The van der Waals surface area contributed by atoms with Gasteiger partial charge in [0.15, 0.2) is 0 Å². The van der Waals surface area contributed by atoms with Crippen LogP contribution >= 0.6 is 11.8 Å². The van der Waals surface area contributed by atoms with Crippen LogP contribution in [-0.4, -0.2) is 24.9 Å². The summed E-state index contributed by atoms with van der Waals surface area (Å²) in [6.45, 7) is 2.08. The fourth-order valence-electron chi connectivity index (χ4n) is 2.19. The molecule has 0 saturated carbocycles. The average molecular weight is 221 g/mol. The zero-order valence-electron chi connectivity index (χ0n) is 8.66. The van der Waals surface area contributed by atoms with Crippen molar-refractivity contribution in [1.29, 1.82) is 0 Å². The Morgan fingerprint density at radius 1 is 1.40 bits per heavy atom. The lowest BCUT2D eigenvalue weighted by Crippen LogP contribution is -2.19. The molecule has 1 fully saturated rings. The van der Waals surface area contributed by atoms with Gasteiger partial charge in [-0.2, -0.15) is 0 Å². The van der Waals surface area contributed by atoms with Crippen LogP contribution in [-0.2, 0) is 6.42 Å². The van der Waals surface area contributed by atoms with E-state index in [9.17, 15) is 0 Å². The molecule has 2 nitrogen and oxygen atoms in total. The highest BCUT2D eigenvalue weighted by Gasteiger charge is 2.20. The van der Waals surface area contributed by atoms with Crippen molar-refractivity contribution in [2.75, 3.05) is 18.8 Å². The summed E-state index contributed by atoms with van der Waals surface area (Å²) in [6.07, 6.45) is 2.70. The molecule has 1 saturated heterocycles. The first-order valence-electron chi connectivity index (χ1n) is 5.55. The Kier molecular flexibility index (Phi) is 2.59. The van der Waals surface area contributed by atoms with Crippen molar-refractivity contribution in [1.82, 2.24) is 5.32 Å².